The molecular weight excluding hydrogens is 294 g/mol. The first-order chi connectivity index (χ1) is 9.95. The van der Waals surface area contributed by atoms with Crippen LogP contribution < -0.4 is 22.2 Å². The molecule has 1 atom stereocenters. The summed E-state index contributed by atoms with van der Waals surface area (Å²) < 4.78 is 1.37. The number of benzene rings is 1. The summed E-state index contributed by atoms with van der Waals surface area (Å²) >= 11 is 1.20. The zero-order chi connectivity index (χ0) is 15.1. The van der Waals surface area contributed by atoms with E-state index >= 15 is 0 Å². The fourth-order valence-electron chi connectivity index (χ4n) is 1.99. The SMILES string of the molecule is Cn1[nH]c(=O)c(=O)nc1Sc1ccc2c(c1)NC(=O)C2N. The van der Waals surface area contributed by atoms with Gasteiger partial charge < -0.3 is 11.1 Å². The number of nitrogens with two attached hydrogens (primary N) is 1. The lowest BCUT2D eigenvalue weighted by Gasteiger charge is -2.07. The molecule has 4 N–H and O–H groups in total. The Labute approximate surface area is 122 Å². The Kier molecular flexibility index (Phi) is 3.15. The molecular formula is C12H11N5O3S. The molecule has 1 aromatic heterocycles. The van der Waals surface area contributed by atoms with Gasteiger partial charge in [-0.25, -0.2) is 0 Å². The Morgan fingerprint density at radius 1 is 1.33 bits per heavy atom. The van der Waals surface area contributed by atoms with Gasteiger partial charge in [0.25, 0.3) is 0 Å². The van der Waals surface area contributed by atoms with Crippen molar-refractivity contribution in [2.24, 2.45) is 12.8 Å². The molecule has 0 saturated carbocycles. The van der Waals surface area contributed by atoms with E-state index in [-0.39, 0.29) is 5.91 Å². The second-order valence-electron chi connectivity index (χ2n) is 4.52. The van der Waals surface area contributed by atoms with E-state index in [1.807, 2.05) is 0 Å². The Morgan fingerprint density at radius 2 is 2.10 bits per heavy atom. The van der Waals surface area contributed by atoms with Crippen molar-refractivity contribution in [1.82, 2.24) is 14.8 Å². The topological polar surface area (TPSA) is 123 Å². The van der Waals surface area contributed by atoms with Crippen molar-refractivity contribution >= 4 is 23.4 Å². The van der Waals surface area contributed by atoms with Gasteiger partial charge in [-0.05, 0) is 12.1 Å². The molecule has 0 fully saturated rings. The number of carbonyl (C=O) groups is 1. The van der Waals surface area contributed by atoms with Gasteiger partial charge in [-0.1, -0.05) is 17.8 Å². The van der Waals surface area contributed by atoms with Gasteiger partial charge in [0.2, 0.25) is 5.91 Å². The average molecular weight is 305 g/mol. The van der Waals surface area contributed by atoms with Crippen LogP contribution in [0, 0.1) is 0 Å². The van der Waals surface area contributed by atoms with Crippen molar-refractivity contribution in [1.29, 1.82) is 0 Å². The molecule has 2 aromatic rings. The Balaban J connectivity index is 1.96. The molecule has 21 heavy (non-hydrogen) atoms. The molecule has 0 aliphatic carbocycles. The minimum absolute atomic E-state index is 0.248. The van der Waals surface area contributed by atoms with Crippen molar-refractivity contribution < 1.29 is 4.79 Å². The summed E-state index contributed by atoms with van der Waals surface area (Å²) in [7, 11) is 1.58. The molecule has 108 valence electrons. The molecule has 1 aromatic carbocycles. The van der Waals surface area contributed by atoms with E-state index in [9.17, 15) is 14.4 Å². The molecule has 1 aliphatic heterocycles. The summed E-state index contributed by atoms with van der Waals surface area (Å²) in [6.07, 6.45) is 0. The summed E-state index contributed by atoms with van der Waals surface area (Å²) in [4.78, 5) is 38.4. The smallest absolute Gasteiger partial charge is 0.324 e. The van der Waals surface area contributed by atoms with Crippen LogP contribution in [0.15, 0.2) is 37.8 Å². The Morgan fingerprint density at radius 3 is 2.86 bits per heavy atom. The monoisotopic (exact) mass is 305 g/mol. The first kappa shape index (κ1) is 13.6. The minimum atomic E-state index is -0.841. The van der Waals surface area contributed by atoms with Crippen LogP contribution in [0.2, 0.25) is 0 Å². The van der Waals surface area contributed by atoms with Gasteiger partial charge in [0.1, 0.15) is 6.04 Å². The highest BCUT2D eigenvalue weighted by Gasteiger charge is 2.27. The third kappa shape index (κ3) is 2.36. The number of nitrogens with one attached hydrogen (secondary N) is 2. The lowest BCUT2D eigenvalue weighted by Crippen LogP contribution is -2.33. The summed E-state index contributed by atoms with van der Waals surface area (Å²) in [5, 5.41) is 5.39. The second kappa shape index (κ2) is 4.86. The number of hydrogen-bond donors (Lipinski definition) is 3. The van der Waals surface area contributed by atoms with Crippen LogP contribution in [0.25, 0.3) is 0 Å². The first-order valence-electron chi connectivity index (χ1n) is 6.01. The third-order valence-corrected chi connectivity index (χ3v) is 4.09. The number of rotatable bonds is 2. The molecule has 1 unspecified atom stereocenters. The van der Waals surface area contributed by atoms with Crippen molar-refractivity contribution in [3.05, 3.63) is 44.5 Å². The number of amides is 1. The van der Waals surface area contributed by atoms with Gasteiger partial charge in [0, 0.05) is 23.2 Å². The Hall–Kier alpha value is -2.39. The van der Waals surface area contributed by atoms with Crippen molar-refractivity contribution in [3.8, 4) is 0 Å². The maximum absolute atomic E-state index is 11.5. The number of H-pyrrole nitrogens is 1. The van der Waals surface area contributed by atoms with Crippen LogP contribution in [0.3, 0.4) is 0 Å². The van der Waals surface area contributed by atoms with E-state index in [2.05, 4.69) is 15.4 Å². The molecule has 1 aliphatic rings. The van der Waals surface area contributed by atoms with Gasteiger partial charge in [-0.15, -0.1) is 0 Å². The second-order valence-corrected chi connectivity index (χ2v) is 5.56. The molecule has 0 bridgehead atoms. The predicted molar refractivity (Wildman–Crippen MR) is 76.2 cm³/mol. The molecule has 0 spiro atoms. The van der Waals surface area contributed by atoms with E-state index in [1.165, 1.54) is 16.4 Å². The lowest BCUT2D eigenvalue weighted by molar-refractivity contribution is -0.116. The zero-order valence-corrected chi connectivity index (χ0v) is 11.7. The van der Waals surface area contributed by atoms with Crippen LogP contribution in [-0.2, 0) is 11.8 Å². The van der Waals surface area contributed by atoms with Crippen LogP contribution in [0.4, 0.5) is 5.69 Å². The highest BCUT2D eigenvalue weighted by Crippen LogP contribution is 2.34. The lowest BCUT2D eigenvalue weighted by atomic mass is 10.1. The highest BCUT2D eigenvalue weighted by molar-refractivity contribution is 7.99. The fourth-order valence-corrected chi connectivity index (χ4v) is 2.82. The summed E-state index contributed by atoms with van der Waals surface area (Å²) in [5.74, 6) is -0.248. The first-order valence-corrected chi connectivity index (χ1v) is 6.83. The summed E-state index contributed by atoms with van der Waals surface area (Å²) in [6.45, 7) is 0. The number of aryl methyl sites for hydroxylation is 1. The van der Waals surface area contributed by atoms with Gasteiger partial charge >= 0.3 is 11.1 Å². The maximum Gasteiger partial charge on any atom is 0.339 e. The fraction of sp³-hybridized carbons (Fsp3) is 0.167. The maximum atomic E-state index is 11.5. The minimum Gasteiger partial charge on any atom is -0.324 e. The number of aromatic amines is 1. The standard InChI is InChI=1S/C12H11N5O3S/c1-17-12(15-10(19)11(20)16-17)21-5-2-3-6-7(4-5)14-9(18)8(6)13/h2-4,8H,13H2,1H3,(H,14,18)(H,16,20). The molecule has 0 radical (unpaired) electrons. The van der Waals surface area contributed by atoms with E-state index in [0.29, 0.717) is 10.8 Å². The van der Waals surface area contributed by atoms with Crippen LogP contribution in [-0.4, -0.2) is 20.7 Å². The number of anilines is 1. The van der Waals surface area contributed by atoms with Gasteiger partial charge in [-0.3, -0.25) is 24.2 Å². The van der Waals surface area contributed by atoms with Crippen LogP contribution in [0.1, 0.15) is 11.6 Å². The van der Waals surface area contributed by atoms with E-state index < -0.39 is 17.2 Å². The van der Waals surface area contributed by atoms with Crippen molar-refractivity contribution in [3.63, 3.8) is 0 Å². The van der Waals surface area contributed by atoms with E-state index in [0.717, 1.165) is 10.5 Å². The van der Waals surface area contributed by atoms with Gasteiger partial charge in [0.15, 0.2) is 5.16 Å². The highest BCUT2D eigenvalue weighted by atomic mass is 32.2. The number of fused-ring (bicyclic) bond motifs is 1. The molecule has 9 heteroatoms. The predicted octanol–water partition coefficient (Wildman–Crippen LogP) is -0.428. The molecule has 8 nitrogen and oxygen atoms in total. The molecule has 1 amide bonds. The molecule has 0 saturated heterocycles. The number of hydrogen-bond acceptors (Lipinski definition) is 6. The molecule has 3 rings (SSSR count). The quantitative estimate of drug-likeness (QED) is 0.647. The summed E-state index contributed by atoms with van der Waals surface area (Å²) in [6, 6.07) is 4.63. The van der Waals surface area contributed by atoms with E-state index in [4.69, 9.17) is 5.73 Å². The van der Waals surface area contributed by atoms with Gasteiger partial charge in [-0.2, -0.15) is 4.98 Å². The van der Waals surface area contributed by atoms with Crippen LogP contribution in [0.5, 0.6) is 0 Å². The van der Waals surface area contributed by atoms with Crippen LogP contribution >= 0.6 is 11.8 Å². The molecule has 2 heterocycles. The third-order valence-electron chi connectivity index (χ3n) is 3.06. The number of carbonyl (C=O) groups excluding carboxylic acids is 1. The Bertz CT molecular complexity index is 857. The normalized spacial score (nSPS) is 16.7. The number of aromatic nitrogens is 3. The van der Waals surface area contributed by atoms with E-state index in [1.54, 1.807) is 25.2 Å². The summed E-state index contributed by atoms with van der Waals surface area (Å²) in [5.41, 5.74) is 5.50. The average Bonchev–Trinajstić information content (AvgIpc) is 2.71. The largest absolute Gasteiger partial charge is 0.339 e. The van der Waals surface area contributed by atoms with Crippen molar-refractivity contribution in [2.45, 2.75) is 16.1 Å². The zero-order valence-electron chi connectivity index (χ0n) is 10.9. The van der Waals surface area contributed by atoms with Gasteiger partial charge in [0.05, 0.1) is 0 Å². The van der Waals surface area contributed by atoms with Crippen molar-refractivity contribution in [2.75, 3.05) is 5.32 Å². The number of nitrogens with zero attached hydrogens (tertiary/aromatic N) is 2.